The number of carbonyl (C=O) groups excluding carboxylic acids is 4. The number of allylic oxidation sites excluding steroid dienone is 2. The van der Waals surface area contributed by atoms with Crippen molar-refractivity contribution in [3.63, 3.8) is 0 Å². The van der Waals surface area contributed by atoms with Gasteiger partial charge in [0.05, 0.1) is 13.2 Å². The van der Waals surface area contributed by atoms with Gasteiger partial charge in [-0.2, -0.15) is 0 Å². The fraction of sp³-hybridized carbons (Fsp3) is 0.304. The summed E-state index contributed by atoms with van der Waals surface area (Å²) in [6.07, 6.45) is 8.74. The Morgan fingerprint density at radius 2 is 0.981 bits per heavy atom. The van der Waals surface area contributed by atoms with Crippen molar-refractivity contribution in [3.05, 3.63) is 142 Å². The van der Waals surface area contributed by atoms with Crippen LogP contribution in [0, 0.1) is 0 Å². The SMILES string of the molecule is CCCc1ccc(OCC)c(C=CC(=O)c2ccc(C(=O)N(C)C)cc2)c1.CCOc1ccc(C(C)C)cc1C=CC(=O)c1ccc(C(=O)N(C)C)cc1. The molecule has 4 aromatic carbocycles. The number of hydrogen-bond acceptors (Lipinski definition) is 6. The Morgan fingerprint density at radius 1 is 0.574 bits per heavy atom. The van der Waals surface area contributed by atoms with Crippen LogP contribution < -0.4 is 9.47 Å². The Balaban J connectivity index is 0.000000290. The molecule has 284 valence electrons. The van der Waals surface area contributed by atoms with Crippen LogP contribution in [0.4, 0.5) is 0 Å². The molecule has 0 aliphatic heterocycles. The zero-order valence-electron chi connectivity index (χ0n) is 33.1. The number of nitrogens with zero attached hydrogens (tertiary/aromatic N) is 2. The van der Waals surface area contributed by atoms with E-state index in [2.05, 4.69) is 45.0 Å². The Bertz CT molecular complexity index is 1940. The van der Waals surface area contributed by atoms with Gasteiger partial charge in [0.25, 0.3) is 11.8 Å². The topological polar surface area (TPSA) is 93.2 Å². The second-order valence-corrected chi connectivity index (χ2v) is 13.4. The molecule has 0 spiro atoms. The summed E-state index contributed by atoms with van der Waals surface area (Å²) in [7, 11) is 6.80. The normalized spacial score (nSPS) is 10.9. The molecule has 2 amide bonds. The third-order valence-electron chi connectivity index (χ3n) is 8.39. The minimum absolute atomic E-state index is 0.0846. The second kappa shape index (κ2) is 21.1. The first-order valence-electron chi connectivity index (χ1n) is 18.4. The Hall–Kier alpha value is -5.76. The standard InChI is InChI=1S/2C23H27NO3/c1-6-27-22-14-12-19(16(2)3)15-20(22)11-13-21(25)17-7-9-18(10-8-17)23(26)24(4)5;1-5-7-17-8-15-22(27-6-2)20(16-17)13-14-21(25)18-9-11-19(12-10-18)23(26)24(3)4/h7-16H,6H2,1-5H3;8-16H,5-7H2,1-4H3. The van der Waals surface area contributed by atoms with Gasteiger partial charge in [-0.15, -0.1) is 0 Å². The van der Waals surface area contributed by atoms with E-state index < -0.39 is 0 Å². The molecular weight excluding hydrogens is 677 g/mol. The molecule has 0 aliphatic rings. The summed E-state index contributed by atoms with van der Waals surface area (Å²) >= 11 is 0. The molecule has 0 saturated carbocycles. The number of aryl methyl sites for hydroxylation is 1. The predicted octanol–water partition coefficient (Wildman–Crippen LogP) is 9.44. The van der Waals surface area contributed by atoms with E-state index in [9.17, 15) is 19.2 Å². The molecule has 0 N–H and O–H groups in total. The Kier molecular flexibility index (Phi) is 16.6. The van der Waals surface area contributed by atoms with Crippen LogP contribution >= 0.6 is 0 Å². The lowest BCUT2D eigenvalue weighted by Gasteiger charge is -2.11. The van der Waals surface area contributed by atoms with Crippen LogP contribution in [0.3, 0.4) is 0 Å². The van der Waals surface area contributed by atoms with Crippen LogP contribution in [-0.2, 0) is 6.42 Å². The fourth-order valence-corrected chi connectivity index (χ4v) is 5.40. The highest BCUT2D eigenvalue weighted by Gasteiger charge is 2.12. The van der Waals surface area contributed by atoms with Gasteiger partial charge >= 0.3 is 0 Å². The highest BCUT2D eigenvalue weighted by molar-refractivity contribution is 6.08. The van der Waals surface area contributed by atoms with Crippen molar-refractivity contribution >= 4 is 35.5 Å². The summed E-state index contributed by atoms with van der Waals surface area (Å²) in [5.74, 6) is 1.53. The molecule has 8 heteroatoms. The molecule has 0 radical (unpaired) electrons. The molecule has 54 heavy (non-hydrogen) atoms. The van der Waals surface area contributed by atoms with Crippen molar-refractivity contribution in [1.29, 1.82) is 0 Å². The first-order chi connectivity index (χ1) is 25.8. The predicted molar refractivity (Wildman–Crippen MR) is 219 cm³/mol. The first-order valence-corrected chi connectivity index (χ1v) is 18.4. The zero-order chi connectivity index (χ0) is 39.8. The van der Waals surface area contributed by atoms with Crippen molar-refractivity contribution in [2.75, 3.05) is 41.4 Å². The van der Waals surface area contributed by atoms with Gasteiger partial charge < -0.3 is 19.3 Å². The van der Waals surface area contributed by atoms with Crippen LogP contribution in [-0.4, -0.2) is 74.6 Å². The lowest BCUT2D eigenvalue weighted by Crippen LogP contribution is -2.21. The zero-order valence-corrected chi connectivity index (χ0v) is 33.1. The van der Waals surface area contributed by atoms with Crippen LogP contribution in [0.2, 0.25) is 0 Å². The van der Waals surface area contributed by atoms with E-state index in [0.717, 1.165) is 35.5 Å². The molecule has 0 fully saturated rings. The lowest BCUT2D eigenvalue weighted by molar-refractivity contribution is 0.0820. The molecule has 0 aliphatic carbocycles. The number of amides is 2. The van der Waals surface area contributed by atoms with Gasteiger partial charge in [-0.25, -0.2) is 0 Å². The van der Waals surface area contributed by atoms with Gasteiger partial charge in [0.15, 0.2) is 11.6 Å². The monoisotopic (exact) mass is 730 g/mol. The van der Waals surface area contributed by atoms with E-state index in [4.69, 9.17) is 9.47 Å². The molecule has 8 nitrogen and oxygen atoms in total. The lowest BCUT2D eigenvalue weighted by atomic mass is 9.99. The fourth-order valence-electron chi connectivity index (χ4n) is 5.40. The van der Waals surface area contributed by atoms with E-state index >= 15 is 0 Å². The minimum Gasteiger partial charge on any atom is -0.493 e. The molecule has 0 heterocycles. The summed E-state index contributed by atoms with van der Waals surface area (Å²) in [6, 6.07) is 25.6. The molecular formula is C46H54N2O6. The van der Waals surface area contributed by atoms with Crippen molar-refractivity contribution in [2.24, 2.45) is 0 Å². The Morgan fingerprint density at radius 3 is 1.37 bits per heavy atom. The molecule has 0 saturated heterocycles. The van der Waals surface area contributed by atoms with Gasteiger partial charge in [0.2, 0.25) is 0 Å². The summed E-state index contributed by atoms with van der Waals surface area (Å²) in [4.78, 5) is 51.9. The summed E-state index contributed by atoms with van der Waals surface area (Å²) < 4.78 is 11.3. The number of hydrogen-bond donors (Lipinski definition) is 0. The third-order valence-corrected chi connectivity index (χ3v) is 8.39. The van der Waals surface area contributed by atoms with Crippen molar-refractivity contribution in [1.82, 2.24) is 9.80 Å². The van der Waals surface area contributed by atoms with Gasteiger partial charge in [0, 0.05) is 61.6 Å². The van der Waals surface area contributed by atoms with E-state index in [1.807, 2.05) is 26.0 Å². The molecule has 0 aromatic heterocycles. The number of benzene rings is 4. The van der Waals surface area contributed by atoms with Crippen molar-refractivity contribution in [3.8, 4) is 11.5 Å². The van der Waals surface area contributed by atoms with Crippen LogP contribution in [0.15, 0.2) is 97.1 Å². The van der Waals surface area contributed by atoms with E-state index in [-0.39, 0.29) is 23.4 Å². The van der Waals surface area contributed by atoms with Gasteiger partial charge in [-0.05, 0) is 110 Å². The van der Waals surface area contributed by atoms with Gasteiger partial charge in [-0.1, -0.05) is 63.6 Å². The van der Waals surface area contributed by atoms with Crippen LogP contribution in [0.1, 0.15) is 111 Å². The number of carbonyl (C=O) groups is 4. The number of ketones is 2. The summed E-state index contributed by atoms with van der Waals surface area (Å²) in [6.45, 7) is 11.4. The maximum Gasteiger partial charge on any atom is 0.253 e. The highest BCUT2D eigenvalue weighted by Crippen LogP contribution is 2.26. The Labute approximate surface area is 321 Å². The largest absolute Gasteiger partial charge is 0.493 e. The molecule has 0 atom stereocenters. The van der Waals surface area contributed by atoms with Crippen LogP contribution in [0.25, 0.3) is 12.2 Å². The van der Waals surface area contributed by atoms with E-state index in [0.29, 0.717) is 41.4 Å². The summed E-state index contributed by atoms with van der Waals surface area (Å²) in [5, 5.41) is 0. The number of ether oxygens (including phenoxy) is 2. The molecule has 4 aromatic rings. The van der Waals surface area contributed by atoms with Crippen LogP contribution in [0.5, 0.6) is 11.5 Å². The van der Waals surface area contributed by atoms with E-state index in [1.54, 1.807) is 101 Å². The van der Waals surface area contributed by atoms with Crippen molar-refractivity contribution in [2.45, 2.75) is 53.4 Å². The summed E-state index contributed by atoms with van der Waals surface area (Å²) in [5.41, 5.74) is 6.40. The van der Waals surface area contributed by atoms with Crippen molar-refractivity contribution < 1.29 is 28.7 Å². The molecule has 0 bridgehead atoms. The first kappa shape index (κ1) is 42.7. The third kappa shape index (κ3) is 12.4. The van der Waals surface area contributed by atoms with E-state index in [1.165, 1.54) is 20.9 Å². The smallest absolute Gasteiger partial charge is 0.253 e. The second-order valence-electron chi connectivity index (χ2n) is 13.4. The van der Waals surface area contributed by atoms with Gasteiger partial charge in [0.1, 0.15) is 11.5 Å². The average Bonchev–Trinajstić information content (AvgIpc) is 3.17. The maximum absolute atomic E-state index is 12.5. The van der Waals surface area contributed by atoms with Gasteiger partial charge in [-0.3, -0.25) is 19.2 Å². The quantitative estimate of drug-likeness (QED) is 0.0894. The number of rotatable bonds is 15. The molecule has 4 rings (SSSR count). The highest BCUT2D eigenvalue weighted by atomic mass is 16.5. The molecule has 0 unspecified atom stereocenters. The average molecular weight is 731 g/mol. The minimum atomic E-state index is -0.115. The maximum atomic E-state index is 12.5.